The fraction of sp³-hybridized carbons (Fsp3) is 0.350. The van der Waals surface area contributed by atoms with Gasteiger partial charge in [-0.1, -0.05) is 35.9 Å². The average Bonchev–Trinajstić information content (AvgIpc) is 3.42. The Morgan fingerprint density at radius 3 is 2.73 bits per heavy atom. The van der Waals surface area contributed by atoms with Crippen LogP contribution in [-0.2, 0) is 4.79 Å². The summed E-state index contributed by atoms with van der Waals surface area (Å²) >= 11 is 6.33. The Labute approximate surface area is 156 Å². The zero-order chi connectivity index (χ0) is 18.3. The van der Waals surface area contributed by atoms with E-state index in [9.17, 15) is 13.6 Å². The minimum atomic E-state index is -0.601. The lowest BCUT2D eigenvalue weighted by Gasteiger charge is -2.37. The second-order valence-electron chi connectivity index (χ2n) is 6.89. The Bertz CT molecular complexity index is 844. The van der Waals surface area contributed by atoms with Crippen LogP contribution in [0, 0.1) is 17.6 Å². The zero-order valence-corrected chi connectivity index (χ0v) is 14.8. The molecular formula is C20H19ClF2N2O. The summed E-state index contributed by atoms with van der Waals surface area (Å²) in [5.41, 5.74) is 1.34. The number of piperazine rings is 1. The molecule has 0 spiro atoms. The molecule has 1 aliphatic heterocycles. The molecule has 0 aromatic heterocycles. The summed E-state index contributed by atoms with van der Waals surface area (Å²) in [5.74, 6) is -1.59. The molecule has 1 amide bonds. The lowest BCUT2D eigenvalue weighted by molar-refractivity contribution is -0.136. The number of hydrogen-bond acceptors (Lipinski definition) is 2. The van der Waals surface area contributed by atoms with Crippen LogP contribution >= 0.6 is 11.6 Å². The first kappa shape index (κ1) is 17.4. The molecular weight excluding hydrogens is 358 g/mol. The van der Waals surface area contributed by atoms with Crippen molar-refractivity contribution in [3.05, 3.63) is 70.2 Å². The van der Waals surface area contributed by atoms with E-state index >= 15 is 0 Å². The van der Waals surface area contributed by atoms with E-state index in [1.165, 1.54) is 12.1 Å². The van der Waals surface area contributed by atoms with Crippen molar-refractivity contribution < 1.29 is 13.6 Å². The van der Waals surface area contributed by atoms with E-state index in [0.29, 0.717) is 30.1 Å². The predicted molar refractivity (Wildman–Crippen MR) is 96.0 cm³/mol. The quantitative estimate of drug-likeness (QED) is 0.881. The molecule has 1 saturated heterocycles. The molecule has 2 aliphatic rings. The van der Waals surface area contributed by atoms with E-state index in [-0.39, 0.29) is 23.8 Å². The molecule has 3 atom stereocenters. The van der Waals surface area contributed by atoms with Gasteiger partial charge in [-0.2, -0.15) is 0 Å². The highest BCUT2D eigenvalue weighted by Gasteiger charge is 2.48. The molecule has 0 bridgehead atoms. The van der Waals surface area contributed by atoms with Gasteiger partial charge in [0, 0.05) is 36.6 Å². The Balaban J connectivity index is 1.54. The molecule has 1 saturated carbocycles. The fourth-order valence-electron chi connectivity index (χ4n) is 3.82. The molecule has 3 nitrogen and oxygen atoms in total. The van der Waals surface area contributed by atoms with Crippen molar-refractivity contribution in [2.45, 2.75) is 18.4 Å². The van der Waals surface area contributed by atoms with Gasteiger partial charge in [0.15, 0.2) is 0 Å². The molecule has 1 aliphatic carbocycles. The van der Waals surface area contributed by atoms with Crippen molar-refractivity contribution in [3.63, 3.8) is 0 Å². The van der Waals surface area contributed by atoms with Gasteiger partial charge < -0.3 is 10.2 Å². The summed E-state index contributed by atoms with van der Waals surface area (Å²) in [6, 6.07) is 11.0. The largest absolute Gasteiger partial charge is 0.333 e. The van der Waals surface area contributed by atoms with Gasteiger partial charge in [0.2, 0.25) is 5.91 Å². The van der Waals surface area contributed by atoms with Crippen LogP contribution in [0.1, 0.15) is 29.5 Å². The molecule has 6 heteroatoms. The van der Waals surface area contributed by atoms with Crippen LogP contribution in [0.15, 0.2) is 42.5 Å². The molecule has 1 heterocycles. The van der Waals surface area contributed by atoms with Gasteiger partial charge in [-0.25, -0.2) is 8.78 Å². The summed E-state index contributed by atoms with van der Waals surface area (Å²) in [4.78, 5) is 14.9. The number of carbonyl (C=O) groups is 1. The third kappa shape index (κ3) is 3.21. The second-order valence-corrected chi connectivity index (χ2v) is 7.29. The number of carbonyl (C=O) groups excluding carboxylic acids is 1. The number of halogens is 3. The van der Waals surface area contributed by atoms with Crippen LogP contribution < -0.4 is 5.32 Å². The van der Waals surface area contributed by atoms with Gasteiger partial charge >= 0.3 is 0 Å². The number of nitrogens with zero attached hydrogens (tertiary/aromatic N) is 1. The number of rotatable bonds is 3. The second kappa shape index (κ2) is 6.97. The van der Waals surface area contributed by atoms with Crippen LogP contribution in [0.3, 0.4) is 0 Å². The standard InChI is InChI=1S/C20H19ClF2N2O/c21-17-4-2-1-3-14(17)19-11-24-7-8-25(19)20(26)16-10-15(16)13-6-5-12(22)9-18(13)23/h1-6,9,15-16,19,24H,7-8,10-11H2. The third-order valence-electron chi connectivity index (χ3n) is 5.26. The SMILES string of the molecule is O=C(C1CC1c1ccc(F)cc1F)N1CCNCC1c1ccccc1Cl. The van der Waals surface area contributed by atoms with Gasteiger partial charge in [-0.3, -0.25) is 4.79 Å². The van der Waals surface area contributed by atoms with E-state index in [1.54, 1.807) is 0 Å². The molecule has 0 radical (unpaired) electrons. The molecule has 2 aromatic rings. The van der Waals surface area contributed by atoms with E-state index in [1.807, 2.05) is 29.2 Å². The van der Waals surface area contributed by atoms with Gasteiger partial charge in [0.05, 0.1) is 6.04 Å². The summed E-state index contributed by atoms with van der Waals surface area (Å²) in [6.07, 6.45) is 0.598. The fourth-order valence-corrected chi connectivity index (χ4v) is 4.08. The third-order valence-corrected chi connectivity index (χ3v) is 5.60. The van der Waals surface area contributed by atoms with Crippen molar-refractivity contribution in [1.29, 1.82) is 0 Å². The highest BCUT2D eigenvalue weighted by atomic mass is 35.5. The molecule has 4 rings (SSSR count). The highest BCUT2D eigenvalue weighted by molar-refractivity contribution is 6.31. The molecule has 2 aromatic carbocycles. The maximum atomic E-state index is 14.0. The van der Waals surface area contributed by atoms with Crippen molar-refractivity contribution in [3.8, 4) is 0 Å². The monoisotopic (exact) mass is 376 g/mol. The number of amides is 1. The Kier molecular flexibility index (Phi) is 4.67. The highest BCUT2D eigenvalue weighted by Crippen LogP contribution is 2.50. The van der Waals surface area contributed by atoms with E-state index in [2.05, 4.69) is 5.32 Å². The first-order chi connectivity index (χ1) is 12.6. The number of nitrogens with one attached hydrogen (secondary N) is 1. The van der Waals surface area contributed by atoms with E-state index in [0.717, 1.165) is 18.2 Å². The maximum Gasteiger partial charge on any atom is 0.226 e. The molecule has 26 heavy (non-hydrogen) atoms. The Morgan fingerprint density at radius 2 is 1.96 bits per heavy atom. The van der Waals surface area contributed by atoms with Crippen molar-refractivity contribution >= 4 is 17.5 Å². The summed E-state index contributed by atoms with van der Waals surface area (Å²) in [5, 5.41) is 3.94. The van der Waals surface area contributed by atoms with Crippen molar-refractivity contribution in [1.82, 2.24) is 10.2 Å². The first-order valence-corrected chi connectivity index (χ1v) is 9.14. The molecule has 136 valence electrons. The van der Waals surface area contributed by atoms with Crippen LogP contribution in [0.25, 0.3) is 0 Å². The van der Waals surface area contributed by atoms with Crippen molar-refractivity contribution in [2.24, 2.45) is 5.92 Å². The normalized spacial score (nSPS) is 25.2. The number of benzene rings is 2. The first-order valence-electron chi connectivity index (χ1n) is 8.77. The lowest BCUT2D eigenvalue weighted by Crippen LogP contribution is -2.49. The van der Waals surface area contributed by atoms with Gasteiger partial charge in [-0.15, -0.1) is 0 Å². The maximum absolute atomic E-state index is 14.0. The van der Waals surface area contributed by atoms with Gasteiger partial charge in [-0.05, 0) is 35.6 Å². The van der Waals surface area contributed by atoms with Crippen molar-refractivity contribution in [2.75, 3.05) is 19.6 Å². The Hall–Kier alpha value is -1.98. The molecule has 3 unspecified atom stereocenters. The molecule has 2 fully saturated rings. The number of hydrogen-bond donors (Lipinski definition) is 1. The average molecular weight is 377 g/mol. The lowest BCUT2D eigenvalue weighted by atomic mass is 10.0. The minimum absolute atomic E-state index is 0.0187. The minimum Gasteiger partial charge on any atom is -0.333 e. The summed E-state index contributed by atoms with van der Waals surface area (Å²) in [7, 11) is 0. The van der Waals surface area contributed by atoms with Crippen LogP contribution in [0.2, 0.25) is 5.02 Å². The van der Waals surface area contributed by atoms with Gasteiger partial charge in [0.25, 0.3) is 0 Å². The van der Waals surface area contributed by atoms with Gasteiger partial charge in [0.1, 0.15) is 11.6 Å². The topological polar surface area (TPSA) is 32.3 Å². The summed E-state index contributed by atoms with van der Waals surface area (Å²) < 4.78 is 27.1. The van der Waals surface area contributed by atoms with E-state index < -0.39 is 11.6 Å². The van der Waals surface area contributed by atoms with Crippen LogP contribution in [-0.4, -0.2) is 30.4 Å². The summed E-state index contributed by atoms with van der Waals surface area (Å²) in [6.45, 7) is 1.94. The predicted octanol–water partition coefficient (Wildman–Crippen LogP) is 3.89. The smallest absolute Gasteiger partial charge is 0.226 e. The van der Waals surface area contributed by atoms with Crippen LogP contribution in [0.4, 0.5) is 8.78 Å². The van der Waals surface area contributed by atoms with E-state index in [4.69, 9.17) is 11.6 Å². The van der Waals surface area contributed by atoms with Crippen LogP contribution in [0.5, 0.6) is 0 Å². The molecule has 1 N–H and O–H groups in total. The zero-order valence-electron chi connectivity index (χ0n) is 14.1. The Morgan fingerprint density at radius 1 is 1.15 bits per heavy atom.